The zero-order chi connectivity index (χ0) is 95.2. The van der Waals surface area contributed by atoms with Gasteiger partial charge in [0.25, 0.3) is 0 Å². The Labute approximate surface area is 824 Å². The van der Waals surface area contributed by atoms with Crippen LogP contribution < -0.4 is 88.7 Å². The number of halogens is 2. The SMILES string of the molecule is C[C@@]12COc3cc(OCc4ccc(Cl)cc4)ccc3[C@@H]1CCN2.C[C@@]12COc3ccc(OCc4ccc(Cl)cc4)cc3[C@@H]1CCN2.Cc1cccc(COc2ccc3c(c2)OC[C@@]2(C)NCC[C@@H]32)c1.Cc1cccc(COc2ccc3c(c2)[C@@H]2CCN[C@]2(C)CO3)c1.Cc1ccccc1COc1ccc2c(c1)OC[C@@]1(C)NCC[C@@H]21.Cc1ccccc1COc1ccc2c(c1)[C@@H]1CCN[C@]1(C)CO2. The van der Waals surface area contributed by atoms with Gasteiger partial charge in [0.05, 0.1) is 33.2 Å². The third-order valence-electron chi connectivity index (χ3n) is 30.6. The van der Waals surface area contributed by atoms with Gasteiger partial charge < -0.3 is 88.7 Å². The van der Waals surface area contributed by atoms with Crippen molar-refractivity contribution in [2.24, 2.45) is 0 Å². The Morgan fingerprint density at radius 2 is 0.500 bits per heavy atom. The van der Waals surface area contributed by atoms with E-state index in [4.69, 9.17) is 80.0 Å². The summed E-state index contributed by atoms with van der Waals surface area (Å²) in [5.74, 6) is 14.4. The Kier molecular flexibility index (Phi) is 28.8. The first-order chi connectivity index (χ1) is 66.9. The Bertz CT molecular complexity index is 6280. The predicted octanol–water partition coefficient (Wildman–Crippen LogP) is 23.5. The molecule has 12 heterocycles. The second-order valence-corrected chi connectivity index (χ2v) is 41.7. The summed E-state index contributed by atoms with van der Waals surface area (Å²) >= 11 is 11.8. The number of hydrogen-bond donors (Lipinski definition) is 6. The summed E-state index contributed by atoms with van der Waals surface area (Å²) in [6.45, 7) is 36.1. The van der Waals surface area contributed by atoms with Crippen molar-refractivity contribution in [3.63, 3.8) is 0 Å². The fourth-order valence-corrected chi connectivity index (χ4v) is 22.6. The van der Waals surface area contributed by atoms with Crippen molar-refractivity contribution >= 4 is 23.2 Å². The zero-order valence-corrected chi connectivity index (χ0v) is 82.9. The summed E-state index contributed by atoms with van der Waals surface area (Å²) < 4.78 is 71.7. The molecule has 0 spiro atoms. The highest BCUT2D eigenvalue weighted by atomic mass is 35.5. The van der Waals surface area contributed by atoms with Crippen LogP contribution in [-0.2, 0) is 39.6 Å². The van der Waals surface area contributed by atoms with Crippen LogP contribution in [0.3, 0.4) is 0 Å². The van der Waals surface area contributed by atoms with Crippen LogP contribution in [0.15, 0.2) is 255 Å². The van der Waals surface area contributed by atoms with Crippen molar-refractivity contribution in [1.29, 1.82) is 0 Å². The monoisotopic (exact) mass is 1890 g/mol. The van der Waals surface area contributed by atoms with E-state index in [0.717, 1.165) is 188 Å². The maximum Gasteiger partial charge on any atom is 0.126 e. The molecule has 6 N–H and O–H groups in total. The molecule has 0 amide bonds. The molecule has 0 unspecified atom stereocenters. The summed E-state index contributed by atoms with van der Waals surface area (Å²) in [6, 6.07) is 86.5. The lowest BCUT2D eigenvalue weighted by Gasteiger charge is -2.37. The van der Waals surface area contributed by atoms with E-state index in [-0.39, 0.29) is 33.2 Å². The Morgan fingerprint density at radius 1 is 0.246 bits per heavy atom. The number of benzene rings is 12. The third kappa shape index (κ3) is 21.6. The summed E-state index contributed by atoms with van der Waals surface area (Å²) in [5.41, 5.74) is 20.2. The summed E-state index contributed by atoms with van der Waals surface area (Å²) in [4.78, 5) is 0. The first-order valence-electron chi connectivity index (χ1n) is 49.4. The van der Waals surface area contributed by atoms with Gasteiger partial charge in [-0.1, -0.05) is 174 Å². The molecule has 12 atom stereocenters. The fourth-order valence-electron chi connectivity index (χ4n) is 22.3. The normalized spacial score (nSPS) is 25.4. The average Bonchev–Trinajstić information content (AvgIpc) is 1.62. The number of aryl methyl sites for hydroxylation is 4. The van der Waals surface area contributed by atoms with E-state index in [0.29, 0.717) is 81.8 Å². The van der Waals surface area contributed by atoms with Crippen molar-refractivity contribution in [2.45, 2.75) is 216 Å². The van der Waals surface area contributed by atoms with Crippen LogP contribution in [0.2, 0.25) is 10.0 Å². The quantitative estimate of drug-likeness (QED) is 0.0477. The second-order valence-electron chi connectivity index (χ2n) is 40.9. The van der Waals surface area contributed by atoms with E-state index in [1.54, 1.807) is 0 Å². The summed E-state index contributed by atoms with van der Waals surface area (Å²) in [5, 5.41) is 23.0. The molecule has 720 valence electrons. The standard InChI is InChI=1S/4C20H23NO2.2C19H20ClNO2/c1-14-4-3-5-15(10-14)12-22-16-6-7-19-17(11-16)18-8-9-21-20(18,2)13-23-19;1-14-4-3-5-15(10-14)12-22-16-6-7-17-18-8-9-21-20(18,2)13-23-19(17)11-16;1-14-5-3-4-6-15(14)12-22-16-7-8-19-17(11-16)18-9-10-21-20(18,2)13-23-19;1-14-5-3-4-6-15(14)12-22-16-7-8-17-18-9-10-21-20(18,2)13-23-19(17)11-16;1-19-12-23-18-7-6-15(10-16(18)17(19)8-9-21-19)22-11-13-2-4-14(20)5-3-13;1-19-12-23-18-10-15(6-7-16(18)17(19)8-9-21-19)22-11-13-2-4-14(20)5-3-13/h2*3-7,10-11,18,21H,8-9,12-13H2,1-2H3;2*3-8,11,18,21H,9-10,12-13H2,1-2H3;2*2-7,10,17,21H,8-9,11-12H2,1H3/t4*18-,20+;2*17-,19+/m000000/s1. The first-order valence-corrected chi connectivity index (χ1v) is 50.2. The number of ether oxygens (including phenoxy) is 12. The molecular formula is C118H132Cl2N6O12. The molecule has 6 fully saturated rings. The number of fused-ring (bicyclic) bond motifs is 18. The average molecular weight is 1900 g/mol. The van der Waals surface area contributed by atoms with Crippen LogP contribution in [0.4, 0.5) is 0 Å². The molecule has 0 aromatic heterocycles. The highest BCUT2D eigenvalue weighted by Gasteiger charge is 2.50. The van der Waals surface area contributed by atoms with E-state index >= 15 is 0 Å². The van der Waals surface area contributed by atoms with Crippen LogP contribution in [0, 0.1) is 27.7 Å². The largest absolute Gasteiger partial charge is 0.491 e. The van der Waals surface area contributed by atoms with Crippen molar-refractivity contribution in [3.8, 4) is 69.0 Å². The second kappa shape index (κ2) is 41.6. The number of nitrogens with one attached hydrogen (secondary N) is 6. The molecule has 0 saturated carbocycles. The van der Waals surface area contributed by atoms with Gasteiger partial charge in [-0.3, -0.25) is 0 Å². The lowest BCUT2D eigenvalue weighted by molar-refractivity contribution is 0.169. The van der Waals surface area contributed by atoms with Crippen molar-refractivity contribution in [2.75, 3.05) is 78.9 Å². The van der Waals surface area contributed by atoms with Crippen molar-refractivity contribution in [1.82, 2.24) is 31.9 Å². The van der Waals surface area contributed by atoms with Gasteiger partial charge in [0, 0.05) is 80.4 Å². The molecule has 0 aliphatic carbocycles. The highest BCUT2D eigenvalue weighted by Crippen LogP contribution is 2.52. The molecule has 12 aliphatic heterocycles. The molecule has 0 radical (unpaired) electrons. The van der Waals surface area contributed by atoms with E-state index in [2.05, 4.69) is 259 Å². The lowest BCUT2D eigenvalue weighted by Crippen LogP contribution is -2.48. The lowest BCUT2D eigenvalue weighted by atomic mass is 9.80. The van der Waals surface area contributed by atoms with Crippen molar-refractivity contribution in [3.05, 3.63) is 354 Å². The number of hydrogen-bond acceptors (Lipinski definition) is 18. The molecule has 18 nitrogen and oxygen atoms in total. The van der Waals surface area contributed by atoms with Crippen LogP contribution in [-0.4, -0.2) is 112 Å². The van der Waals surface area contributed by atoms with Crippen LogP contribution in [0.5, 0.6) is 69.0 Å². The Balaban J connectivity index is 0.000000106. The molecule has 138 heavy (non-hydrogen) atoms. The fraction of sp³-hybridized carbons (Fsp3) is 0.390. The Hall–Kier alpha value is -11.4. The zero-order valence-electron chi connectivity index (χ0n) is 81.3. The maximum atomic E-state index is 6.04. The van der Waals surface area contributed by atoms with E-state index < -0.39 is 0 Å². The summed E-state index contributed by atoms with van der Waals surface area (Å²) in [6.07, 6.45) is 6.99. The van der Waals surface area contributed by atoms with E-state index in [1.165, 1.54) is 90.7 Å². The minimum absolute atomic E-state index is 0.0435. The van der Waals surface area contributed by atoms with Crippen molar-refractivity contribution < 1.29 is 56.8 Å². The molecule has 12 aromatic carbocycles. The molecule has 12 aliphatic rings. The highest BCUT2D eigenvalue weighted by molar-refractivity contribution is 6.30. The molecule has 0 bridgehead atoms. The van der Waals surface area contributed by atoms with Gasteiger partial charge in [-0.05, 0) is 305 Å². The Morgan fingerprint density at radius 3 is 0.790 bits per heavy atom. The van der Waals surface area contributed by atoms with Crippen LogP contribution in [0.1, 0.15) is 205 Å². The van der Waals surface area contributed by atoms with E-state index in [9.17, 15) is 0 Å². The van der Waals surface area contributed by atoms with Gasteiger partial charge >= 0.3 is 0 Å². The van der Waals surface area contributed by atoms with Gasteiger partial charge in [-0.15, -0.1) is 0 Å². The predicted molar refractivity (Wildman–Crippen MR) is 548 cm³/mol. The van der Waals surface area contributed by atoms with Gasteiger partial charge in [-0.2, -0.15) is 0 Å². The number of rotatable bonds is 18. The van der Waals surface area contributed by atoms with Gasteiger partial charge in [-0.25, -0.2) is 0 Å². The first kappa shape index (κ1) is 95.5. The minimum Gasteiger partial charge on any atom is -0.491 e. The van der Waals surface area contributed by atoms with Crippen LogP contribution >= 0.6 is 23.2 Å². The van der Waals surface area contributed by atoms with E-state index in [1.807, 2.05) is 97.1 Å². The maximum absolute atomic E-state index is 6.04. The molecule has 20 heteroatoms. The third-order valence-corrected chi connectivity index (χ3v) is 31.1. The van der Waals surface area contributed by atoms with Crippen LogP contribution in [0.25, 0.3) is 0 Å². The summed E-state index contributed by atoms with van der Waals surface area (Å²) in [7, 11) is 0. The topological polar surface area (TPSA) is 183 Å². The minimum atomic E-state index is 0.0435. The van der Waals surface area contributed by atoms with Gasteiger partial charge in [0.1, 0.15) is 148 Å². The smallest absolute Gasteiger partial charge is 0.126 e. The van der Waals surface area contributed by atoms with Gasteiger partial charge in [0.2, 0.25) is 0 Å². The van der Waals surface area contributed by atoms with Gasteiger partial charge in [0.15, 0.2) is 0 Å². The molecule has 6 saturated heterocycles. The molecular weight excluding hydrogens is 1760 g/mol. The molecule has 12 aromatic rings. The molecule has 24 rings (SSSR count).